The summed E-state index contributed by atoms with van der Waals surface area (Å²) in [6, 6.07) is 30.2. The van der Waals surface area contributed by atoms with Gasteiger partial charge >= 0.3 is 0 Å². The number of nitro groups is 1. The number of rotatable bonds is 7. The molecule has 1 aliphatic rings. The van der Waals surface area contributed by atoms with Crippen molar-refractivity contribution in [1.29, 1.82) is 0 Å². The maximum atomic E-state index is 11.0. The molecular formula is C29H22N6O2S2. The van der Waals surface area contributed by atoms with Crippen LogP contribution in [-0.4, -0.2) is 24.6 Å². The van der Waals surface area contributed by atoms with Crippen molar-refractivity contribution in [3.8, 4) is 5.82 Å². The van der Waals surface area contributed by atoms with Gasteiger partial charge in [-0.1, -0.05) is 23.9 Å². The third-order valence-corrected chi connectivity index (χ3v) is 7.81. The predicted octanol–water partition coefficient (Wildman–Crippen LogP) is 6.50. The van der Waals surface area contributed by atoms with E-state index in [2.05, 4.69) is 30.8 Å². The topological polar surface area (TPSA) is 89.1 Å². The van der Waals surface area contributed by atoms with Crippen molar-refractivity contribution in [3.05, 3.63) is 137 Å². The molecule has 2 aromatic carbocycles. The van der Waals surface area contributed by atoms with Gasteiger partial charge in [0.1, 0.15) is 11.9 Å². The first-order valence-corrected chi connectivity index (χ1v) is 13.4. The molecule has 0 bridgehead atoms. The molecule has 1 N–H and O–H groups in total. The highest BCUT2D eigenvalue weighted by molar-refractivity contribution is 7.99. The molecule has 0 saturated carbocycles. The Morgan fingerprint density at radius 2 is 1.54 bits per heavy atom. The zero-order valence-corrected chi connectivity index (χ0v) is 22.1. The van der Waals surface area contributed by atoms with Crippen LogP contribution in [0.4, 0.5) is 11.4 Å². The van der Waals surface area contributed by atoms with Crippen molar-refractivity contribution in [2.45, 2.75) is 21.9 Å². The summed E-state index contributed by atoms with van der Waals surface area (Å²) in [6.07, 6.45) is 5.59. The minimum Gasteiger partial charge on any atom is -0.351 e. The van der Waals surface area contributed by atoms with E-state index in [0.717, 1.165) is 32.7 Å². The van der Waals surface area contributed by atoms with Crippen LogP contribution in [0.5, 0.6) is 0 Å². The molecule has 0 amide bonds. The molecule has 6 rings (SSSR count). The largest absolute Gasteiger partial charge is 0.351 e. The third-order valence-electron chi connectivity index (χ3n) is 6.48. The summed E-state index contributed by atoms with van der Waals surface area (Å²) in [4.78, 5) is 23.8. The van der Waals surface area contributed by atoms with E-state index in [1.807, 2.05) is 72.9 Å². The zero-order valence-electron chi connectivity index (χ0n) is 20.5. The molecule has 1 aliphatic heterocycles. The molecular weight excluding hydrogens is 528 g/mol. The van der Waals surface area contributed by atoms with Crippen molar-refractivity contribution < 1.29 is 4.92 Å². The maximum absolute atomic E-state index is 11.0. The molecule has 2 unspecified atom stereocenters. The van der Waals surface area contributed by atoms with E-state index in [1.165, 1.54) is 12.1 Å². The molecule has 39 heavy (non-hydrogen) atoms. The van der Waals surface area contributed by atoms with E-state index in [9.17, 15) is 10.1 Å². The van der Waals surface area contributed by atoms with Crippen molar-refractivity contribution in [1.82, 2.24) is 19.9 Å². The Morgan fingerprint density at radius 1 is 0.846 bits per heavy atom. The summed E-state index contributed by atoms with van der Waals surface area (Å²) in [5, 5.41) is 15.1. The summed E-state index contributed by atoms with van der Waals surface area (Å²) in [6.45, 7) is 0. The molecule has 10 heteroatoms. The number of hydrogen-bond donors (Lipinski definition) is 1. The van der Waals surface area contributed by atoms with Crippen LogP contribution < -0.4 is 10.2 Å². The Hall–Kier alpha value is -4.54. The van der Waals surface area contributed by atoms with Crippen LogP contribution in [0, 0.1) is 10.1 Å². The number of aromatic nitrogens is 3. The van der Waals surface area contributed by atoms with Crippen LogP contribution in [0.1, 0.15) is 23.5 Å². The number of non-ortho nitro benzene ring substituents is 1. The van der Waals surface area contributed by atoms with E-state index in [4.69, 9.17) is 12.2 Å². The van der Waals surface area contributed by atoms with Gasteiger partial charge in [-0.15, -0.1) is 0 Å². The lowest BCUT2D eigenvalue weighted by atomic mass is 10.0. The second kappa shape index (κ2) is 10.7. The van der Waals surface area contributed by atoms with Crippen molar-refractivity contribution in [2.75, 3.05) is 4.90 Å². The molecule has 4 heterocycles. The summed E-state index contributed by atoms with van der Waals surface area (Å²) < 4.78 is 2.09. The molecule has 0 radical (unpaired) electrons. The van der Waals surface area contributed by atoms with Gasteiger partial charge in [-0.05, 0) is 85.0 Å². The number of pyridine rings is 2. The van der Waals surface area contributed by atoms with Crippen LogP contribution in [0.3, 0.4) is 0 Å². The second-order valence-corrected chi connectivity index (χ2v) is 10.4. The van der Waals surface area contributed by atoms with Crippen LogP contribution in [0.2, 0.25) is 0 Å². The first-order chi connectivity index (χ1) is 19.1. The number of benzene rings is 2. The minimum absolute atomic E-state index is 0.0775. The highest BCUT2D eigenvalue weighted by Gasteiger charge is 2.42. The monoisotopic (exact) mass is 550 g/mol. The van der Waals surface area contributed by atoms with Crippen molar-refractivity contribution in [2.24, 2.45) is 0 Å². The van der Waals surface area contributed by atoms with Gasteiger partial charge in [0, 0.05) is 51.9 Å². The molecule has 0 aliphatic carbocycles. The van der Waals surface area contributed by atoms with Gasteiger partial charge in [-0.3, -0.25) is 15.1 Å². The smallest absolute Gasteiger partial charge is 0.269 e. The predicted molar refractivity (Wildman–Crippen MR) is 155 cm³/mol. The van der Waals surface area contributed by atoms with E-state index < -0.39 is 4.92 Å². The Bertz CT molecular complexity index is 1610. The number of nitrogens with one attached hydrogen (secondary N) is 1. The lowest BCUT2D eigenvalue weighted by Crippen LogP contribution is -2.30. The summed E-state index contributed by atoms with van der Waals surface area (Å²) >= 11 is 7.43. The van der Waals surface area contributed by atoms with Crippen LogP contribution in [0.15, 0.2) is 125 Å². The Kier molecular flexibility index (Phi) is 6.78. The molecule has 0 spiro atoms. The van der Waals surface area contributed by atoms with Gasteiger partial charge in [-0.25, -0.2) is 4.98 Å². The van der Waals surface area contributed by atoms with Gasteiger partial charge in [-0.2, -0.15) is 0 Å². The molecule has 8 nitrogen and oxygen atoms in total. The zero-order chi connectivity index (χ0) is 26.8. The van der Waals surface area contributed by atoms with Crippen molar-refractivity contribution >= 4 is 40.5 Å². The fourth-order valence-corrected chi connectivity index (χ4v) is 5.88. The Labute approximate surface area is 234 Å². The van der Waals surface area contributed by atoms with E-state index in [-0.39, 0.29) is 17.8 Å². The summed E-state index contributed by atoms with van der Waals surface area (Å²) in [5.74, 6) is 0.824. The highest BCUT2D eigenvalue weighted by atomic mass is 32.2. The van der Waals surface area contributed by atoms with Gasteiger partial charge in [0.05, 0.1) is 16.7 Å². The molecule has 1 saturated heterocycles. The number of hydrogen-bond acceptors (Lipinski definition) is 6. The second-order valence-electron chi connectivity index (χ2n) is 8.83. The fraction of sp³-hybridized carbons (Fsp3) is 0.0690. The van der Waals surface area contributed by atoms with Crippen molar-refractivity contribution in [3.63, 3.8) is 0 Å². The Morgan fingerprint density at radius 3 is 2.18 bits per heavy atom. The fourth-order valence-electron chi connectivity index (χ4n) is 4.72. The number of anilines is 1. The normalized spacial score (nSPS) is 16.7. The van der Waals surface area contributed by atoms with Gasteiger partial charge in [0.25, 0.3) is 5.69 Å². The molecule has 192 valence electrons. The number of nitrogens with zero attached hydrogens (tertiary/aromatic N) is 5. The van der Waals surface area contributed by atoms with E-state index in [1.54, 1.807) is 36.3 Å². The molecule has 1 fully saturated rings. The molecule has 5 aromatic rings. The van der Waals surface area contributed by atoms with Crippen LogP contribution in [0.25, 0.3) is 5.82 Å². The standard InChI is InChI=1S/C29H22N6O2S2/c36-35(37)21-11-15-23(16-12-21)39-22-13-9-20(10-14-22)34-28(27(32-29(34)38)24-6-1-3-17-30-24)25-7-5-19-33(25)26-8-2-4-18-31-26/h1-19,27-28H,(H,32,38). The van der Waals surface area contributed by atoms with Gasteiger partial charge in [0.15, 0.2) is 5.11 Å². The maximum Gasteiger partial charge on any atom is 0.269 e. The Balaban J connectivity index is 1.35. The lowest BCUT2D eigenvalue weighted by Gasteiger charge is -2.29. The SMILES string of the molecule is O=[N+]([O-])c1ccc(Sc2ccc(N3C(=S)NC(c4ccccn4)C3c3cccn3-c3ccccn3)cc2)cc1. The number of nitro benzene ring substituents is 1. The van der Waals surface area contributed by atoms with Gasteiger partial charge in [0.2, 0.25) is 0 Å². The third kappa shape index (κ3) is 4.99. The van der Waals surface area contributed by atoms with Crippen LogP contribution >= 0.6 is 24.0 Å². The van der Waals surface area contributed by atoms with Crippen LogP contribution in [-0.2, 0) is 0 Å². The average Bonchev–Trinajstić information content (AvgIpc) is 3.59. The highest BCUT2D eigenvalue weighted by Crippen LogP contribution is 2.42. The molecule has 2 atom stereocenters. The quantitative estimate of drug-likeness (QED) is 0.139. The minimum atomic E-state index is -0.394. The van der Waals surface area contributed by atoms with E-state index >= 15 is 0 Å². The molecule has 3 aromatic heterocycles. The number of thiocarbonyl (C=S) groups is 1. The first kappa shape index (κ1) is 24.8. The lowest BCUT2D eigenvalue weighted by molar-refractivity contribution is -0.384. The van der Waals surface area contributed by atoms with E-state index in [0.29, 0.717) is 5.11 Å². The summed E-state index contributed by atoms with van der Waals surface area (Å²) in [7, 11) is 0. The first-order valence-electron chi connectivity index (χ1n) is 12.2. The average molecular weight is 551 g/mol. The summed E-state index contributed by atoms with van der Waals surface area (Å²) in [5.41, 5.74) is 2.94. The van der Waals surface area contributed by atoms with Gasteiger partial charge < -0.3 is 14.8 Å².